The van der Waals surface area contributed by atoms with Gasteiger partial charge in [0, 0.05) is 13.1 Å². The van der Waals surface area contributed by atoms with E-state index in [9.17, 15) is 14.4 Å². The van der Waals surface area contributed by atoms with Crippen molar-refractivity contribution in [1.29, 1.82) is 0 Å². The van der Waals surface area contributed by atoms with Gasteiger partial charge in [-0.15, -0.1) is 6.42 Å². The third kappa shape index (κ3) is 5.71. The molecule has 1 aromatic rings. The summed E-state index contributed by atoms with van der Waals surface area (Å²) in [6.07, 6.45) is 9.17. The van der Waals surface area contributed by atoms with E-state index in [0.717, 1.165) is 31.2 Å². The van der Waals surface area contributed by atoms with Crippen molar-refractivity contribution < 1.29 is 14.4 Å². The molecule has 0 saturated carbocycles. The van der Waals surface area contributed by atoms with Crippen LogP contribution in [0, 0.1) is 18.3 Å². The van der Waals surface area contributed by atoms with Gasteiger partial charge in [-0.3, -0.25) is 9.59 Å². The first-order valence-corrected chi connectivity index (χ1v) is 12.3. The Morgan fingerprint density at radius 2 is 1.91 bits per heavy atom. The number of carbonyl (C=O) groups excluding carboxylic acids is 3. The first-order chi connectivity index (χ1) is 16.4. The maximum atomic E-state index is 13.4. The standard InChI is InChI=1S/C26H37N5O3/c1-5-7-8-12-16-28-18-22-30(24(20(3)4)25(28)33)23(32)19-29(15-6-2)31(22)26(34)27-17-21-13-10-9-11-14-21/h2,9-11,13-14,20,22,24H,5,7-8,12,15-19H2,1,3-4H3,(H,27,34)/t22-,24-/m0/s1. The van der Waals surface area contributed by atoms with Gasteiger partial charge in [0.25, 0.3) is 0 Å². The highest BCUT2D eigenvalue weighted by molar-refractivity contribution is 5.91. The summed E-state index contributed by atoms with van der Waals surface area (Å²) < 4.78 is 0. The molecule has 2 aliphatic heterocycles. The number of rotatable bonds is 9. The van der Waals surface area contributed by atoms with Crippen LogP contribution in [0.3, 0.4) is 0 Å². The number of urea groups is 1. The van der Waals surface area contributed by atoms with Gasteiger partial charge in [-0.2, -0.15) is 5.01 Å². The summed E-state index contributed by atoms with van der Waals surface area (Å²) in [5, 5.41) is 6.15. The molecule has 2 saturated heterocycles. The Morgan fingerprint density at radius 3 is 2.56 bits per heavy atom. The fraction of sp³-hybridized carbons (Fsp3) is 0.577. The number of nitrogens with zero attached hydrogens (tertiary/aromatic N) is 4. The number of hydrazine groups is 1. The Bertz CT molecular complexity index is 897. The van der Waals surface area contributed by atoms with Gasteiger partial charge in [-0.1, -0.05) is 76.3 Å². The van der Waals surface area contributed by atoms with Crippen LogP contribution in [0.5, 0.6) is 0 Å². The molecule has 184 valence electrons. The lowest BCUT2D eigenvalue weighted by Gasteiger charge is -2.55. The number of amides is 4. The van der Waals surface area contributed by atoms with Crippen molar-refractivity contribution in [3.63, 3.8) is 0 Å². The van der Waals surface area contributed by atoms with Crippen molar-refractivity contribution in [2.24, 2.45) is 5.92 Å². The van der Waals surface area contributed by atoms with Crippen molar-refractivity contribution >= 4 is 17.8 Å². The van der Waals surface area contributed by atoms with E-state index in [4.69, 9.17) is 6.42 Å². The first kappa shape index (κ1) is 25.6. The second kappa shape index (κ2) is 11.9. The SMILES string of the molecule is C#CCN1CC(=O)N2[C@@H](C(C)C)C(=O)N(CCCCCC)C[C@@H]2N1C(=O)NCc1ccccc1. The van der Waals surface area contributed by atoms with Crippen LogP contribution in [-0.2, 0) is 16.1 Å². The number of benzene rings is 1. The molecular formula is C26H37N5O3. The molecule has 0 aromatic heterocycles. The zero-order valence-corrected chi connectivity index (χ0v) is 20.6. The molecule has 1 aromatic carbocycles. The highest BCUT2D eigenvalue weighted by Gasteiger charge is 2.51. The highest BCUT2D eigenvalue weighted by atomic mass is 16.2. The average molecular weight is 468 g/mol. The molecule has 0 aliphatic carbocycles. The minimum absolute atomic E-state index is 0.0353. The molecule has 4 amide bonds. The third-order valence-electron chi connectivity index (χ3n) is 6.44. The smallest absolute Gasteiger partial charge is 0.334 e. The van der Waals surface area contributed by atoms with Crippen LogP contribution in [0.2, 0.25) is 0 Å². The molecule has 2 aliphatic rings. The molecule has 8 heteroatoms. The van der Waals surface area contributed by atoms with Crippen molar-refractivity contribution in [2.45, 2.75) is 65.2 Å². The van der Waals surface area contributed by atoms with E-state index < -0.39 is 12.2 Å². The number of nitrogens with one attached hydrogen (secondary N) is 1. The number of terminal acetylenes is 1. The largest absolute Gasteiger partial charge is 0.337 e. The van der Waals surface area contributed by atoms with Gasteiger partial charge in [0.2, 0.25) is 11.8 Å². The van der Waals surface area contributed by atoms with Gasteiger partial charge in [0.1, 0.15) is 12.2 Å². The monoisotopic (exact) mass is 467 g/mol. The second-order valence-electron chi connectivity index (χ2n) is 9.33. The minimum Gasteiger partial charge on any atom is -0.337 e. The normalized spacial score (nSPS) is 21.0. The molecule has 34 heavy (non-hydrogen) atoms. The summed E-state index contributed by atoms with van der Waals surface area (Å²) in [5.41, 5.74) is 0.973. The second-order valence-corrected chi connectivity index (χ2v) is 9.33. The lowest BCUT2D eigenvalue weighted by Crippen LogP contribution is -2.77. The lowest BCUT2D eigenvalue weighted by molar-refractivity contribution is -0.191. The van der Waals surface area contributed by atoms with E-state index in [2.05, 4.69) is 18.2 Å². The molecule has 3 rings (SSSR count). The van der Waals surface area contributed by atoms with Gasteiger partial charge < -0.3 is 15.1 Å². The van der Waals surface area contributed by atoms with Crippen LogP contribution in [0.1, 0.15) is 52.0 Å². The van der Waals surface area contributed by atoms with Crippen LogP contribution in [0.15, 0.2) is 30.3 Å². The predicted octanol–water partition coefficient (Wildman–Crippen LogP) is 2.66. The summed E-state index contributed by atoms with van der Waals surface area (Å²) in [6, 6.07) is 8.72. The van der Waals surface area contributed by atoms with E-state index in [-0.39, 0.29) is 43.4 Å². The highest BCUT2D eigenvalue weighted by Crippen LogP contribution is 2.29. The molecule has 0 bridgehead atoms. The lowest BCUT2D eigenvalue weighted by atomic mass is 9.96. The van der Waals surface area contributed by atoms with Crippen LogP contribution < -0.4 is 5.32 Å². The zero-order valence-electron chi connectivity index (χ0n) is 20.6. The molecule has 2 fully saturated rings. The van der Waals surface area contributed by atoms with Crippen LogP contribution in [0.25, 0.3) is 0 Å². The van der Waals surface area contributed by atoms with Crippen LogP contribution >= 0.6 is 0 Å². The molecule has 8 nitrogen and oxygen atoms in total. The number of hydrogen-bond acceptors (Lipinski definition) is 4. The number of piperazine rings is 1. The predicted molar refractivity (Wildman–Crippen MR) is 131 cm³/mol. The van der Waals surface area contributed by atoms with E-state index >= 15 is 0 Å². The Balaban J connectivity index is 1.87. The van der Waals surface area contributed by atoms with E-state index in [0.29, 0.717) is 13.1 Å². The molecule has 0 unspecified atom stereocenters. The summed E-state index contributed by atoms with van der Waals surface area (Å²) in [6.45, 7) is 7.39. The topological polar surface area (TPSA) is 76.2 Å². The Labute approximate surface area is 203 Å². The number of unbranched alkanes of at least 4 members (excludes halogenated alkanes) is 3. The summed E-state index contributed by atoms with van der Waals surface area (Å²) >= 11 is 0. The minimum atomic E-state index is -0.602. The molecule has 2 heterocycles. The maximum Gasteiger partial charge on any atom is 0.334 e. The molecular weight excluding hydrogens is 430 g/mol. The van der Waals surface area contributed by atoms with Gasteiger partial charge in [-0.25, -0.2) is 9.80 Å². The van der Waals surface area contributed by atoms with Crippen molar-refractivity contribution in [1.82, 2.24) is 25.1 Å². The number of carbonyl (C=O) groups is 3. The molecule has 0 radical (unpaired) electrons. The van der Waals surface area contributed by atoms with E-state index in [1.165, 1.54) is 0 Å². The first-order valence-electron chi connectivity index (χ1n) is 12.3. The van der Waals surface area contributed by atoms with E-state index in [1.807, 2.05) is 49.1 Å². The van der Waals surface area contributed by atoms with Gasteiger partial charge in [0.05, 0.1) is 19.6 Å². The molecule has 2 atom stereocenters. The van der Waals surface area contributed by atoms with Crippen molar-refractivity contribution in [3.8, 4) is 12.3 Å². The number of fused-ring (bicyclic) bond motifs is 1. The Hall–Kier alpha value is -3.05. The van der Waals surface area contributed by atoms with E-state index in [1.54, 1.807) is 14.9 Å². The number of hydrogen-bond donors (Lipinski definition) is 1. The van der Waals surface area contributed by atoms with Crippen LogP contribution in [-0.4, -0.2) is 76.0 Å². The molecule has 0 spiro atoms. The summed E-state index contributed by atoms with van der Waals surface area (Å²) in [7, 11) is 0. The Kier molecular flexibility index (Phi) is 8.94. The maximum absolute atomic E-state index is 13.4. The molecule has 1 N–H and O–H groups in total. The van der Waals surface area contributed by atoms with Crippen molar-refractivity contribution in [3.05, 3.63) is 35.9 Å². The van der Waals surface area contributed by atoms with Gasteiger partial charge in [-0.05, 0) is 17.9 Å². The summed E-state index contributed by atoms with van der Waals surface area (Å²) in [5.74, 6) is 2.28. The van der Waals surface area contributed by atoms with Crippen molar-refractivity contribution in [2.75, 3.05) is 26.2 Å². The van der Waals surface area contributed by atoms with Gasteiger partial charge >= 0.3 is 6.03 Å². The third-order valence-corrected chi connectivity index (χ3v) is 6.44. The Morgan fingerprint density at radius 1 is 1.18 bits per heavy atom. The van der Waals surface area contributed by atoms with Crippen LogP contribution in [0.4, 0.5) is 4.79 Å². The fourth-order valence-electron chi connectivity index (χ4n) is 4.78. The van der Waals surface area contributed by atoms with Gasteiger partial charge in [0.15, 0.2) is 0 Å². The zero-order chi connectivity index (χ0) is 24.7. The average Bonchev–Trinajstić information content (AvgIpc) is 2.81. The fourth-order valence-corrected chi connectivity index (χ4v) is 4.78. The quantitative estimate of drug-likeness (QED) is 0.448. The summed E-state index contributed by atoms with van der Waals surface area (Å²) in [4.78, 5) is 43.5.